The largest absolute Gasteiger partial charge is 0.371 e. The number of aliphatic imine (C=N–C) groups is 1. The van der Waals surface area contributed by atoms with Gasteiger partial charge in [-0.2, -0.15) is 0 Å². The summed E-state index contributed by atoms with van der Waals surface area (Å²) in [5.74, 6) is 1.72. The molecule has 1 aromatic rings. The summed E-state index contributed by atoms with van der Waals surface area (Å²) < 4.78 is 24.2. The van der Waals surface area contributed by atoms with Crippen molar-refractivity contribution >= 4 is 37.4 Å². The Kier molecular flexibility index (Phi) is 5.89. The van der Waals surface area contributed by atoms with Gasteiger partial charge in [-0.1, -0.05) is 15.9 Å². The molecule has 0 saturated carbocycles. The lowest BCUT2D eigenvalue weighted by molar-refractivity contribution is 0.558. The second-order valence-electron chi connectivity index (χ2n) is 6.77. The minimum absolute atomic E-state index is 0.0287. The van der Waals surface area contributed by atoms with Gasteiger partial charge in [-0.05, 0) is 43.0 Å². The van der Waals surface area contributed by atoms with Gasteiger partial charge < -0.3 is 15.5 Å². The van der Waals surface area contributed by atoms with Crippen LogP contribution in [0.2, 0.25) is 0 Å². The van der Waals surface area contributed by atoms with Crippen molar-refractivity contribution in [2.75, 3.05) is 43.1 Å². The maximum atomic E-state index is 11.6. The number of nitrogens with one attached hydrogen (secondary N) is 2. The van der Waals surface area contributed by atoms with Crippen LogP contribution >= 0.6 is 15.9 Å². The molecule has 2 aliphatic rings. The monoisotopic (exact) mass is 428 g/mol. The highest BCUT2D eigenvalue weighted by atomic mass is 79.9. The summed E-state index contributed by atoms with van der Waals surface area (Å²) in [5, 5.41) is 6.59. The quantitative estimate of drug-likeness (QED) is 0.562. The van der Waals surface area contributed by atoms with E-state index in [9.17, 15) is 8.42 Å². The molecule has 0 amide bonds. The van der Waals surface area contributed by atoms with Crippen LogP contribution in [0.1, 0.15) is 12.8 Å². The fourth-order valence-corrected chi connectivity index (χ4v) is 5.36. The minimum Gasteiger partial charge on any atom is -0.371 e. The van der Waals surface area contributed by atoms with Crippen molar-refractivity contribution in [3.05, 3.63) is 28.7 Å². The predicted octanol–water partition coefficient (Wildman–Crippen LogP) is 1.63. The molecule has 2 N–H and O–H groups in total. The van der Waals surface area contributed by atoms with Crippen molar-refractivity contribution < 1.29 is 8.42 Å². The first-order valence-corrected chi connectivity index (χ1v) is 11.2. The number of hydrogen-bond donors (Lipinski definition) is 2. The van der Waals surface area contributed by atoms with Crippen LogP contribution in [-0.2, 0) is 9.84 Å². The van der Waals surface area contributed by atoms with Gasteiger partial charge in [0.1, 0.15) is 0 Å². The molecule has 2 saturated heterocycles. The second-order valence-corrected chi connectivity index (χ2v) is 9.92. The van der Waals surface area contributed by atoms with Gasteiger partial charge in [0.2, 0.25) is 0 Å². The number of benzene rings is 1. The van der Waals surface area contributed by atoms with Crippen LogP contribution in [0.3, 0.4) is 0 Å². The second kappa shape index (κ2) is 7.95. The summed E-state index contributed by atoms with van der Waals surface area (Å²) in [4.78, 5) is 6.63. The average Bonchev–Trinajstić information content (AvgIpc) is 3.18. The molecule has 8 heteroatoms. The Morgan fingerprint density at radius 1 is 1.32 bits per heavy atom. The lowest BCUT2D eigenvalue weighted by Gasteiger charge is -2.20. The number of sulfone groups is 1. The van der Waals surface area contributed by atoms with E-state index in [1.165, 1.54) is 5.69 Å². The van der Waals surface area contributed by atoms with Gasteiger partial charge in [0.05, 0.1) is 11.5 Å². The number of anilines is 1. The third-order valence-corrected chi connectivity index (χ3v) is 7.13. The maximum absolute atomic E-state index is 11.6. The van der Waals surface area contributed by atoms with Crippen molar-refractivity contribution in [2.24, 2.45) is 10.9 Å². The van der Waals surface area contributed by atoms with Gasteiger partial charge in [0.15, 0.2) is 15.8 Å². The normalized spacial score (nSPS) is 26.0. The van der Waals surface area contributed by atoms with E-state index in [1.54, 1.807) is 7.05 Å². The van der Waals surface area contributed by atoms with Crippen molar-refractivity contribution in [1.29, 1.82) is 0 Å². The molecule has 0 aliphatic carbocycles. The molecule has 1 aromatic carbocycles. The summed E-state index contributed by atoms with van der Waals surface area (Å²) in [6.07, 6.45) is 1.79. The Hall–Kier alpha value is -1.28. The number of nitrogens with zero attached hydrogens (tertiary/aromatic N) is 2. The summed E-state index contributed by atoms with van der Waals surface area (Å²) in [6.45, 7) is 2.91. The third-order valence-electron chi connectivity index (χ3n) is 4.83. The molecule has 138 valence electrons. The van der Waals surface area contributed by atoms with Gasteiger partial charge >= 0.3 is 0 Å². The van der Waals surface area contributed by atoms with Crippen LogP contribution in [-0.4, -0.2) is 58.6 Å². The van der Waals surface area contributed by atoms with Crippen LogP contribution in [0.25, 0.3) is 0 Å². The van der Waals surface area contributed by atoms with E-state index in [-0.39, 0.29) is 17.5 Å². The van der Waals surface area contributed by atoms with E-state index >= 15 is 0 Å². The van der Waals surface area contributed by atoms with E-state index in [2.05, 4.69) is 60.7 Å². The van der Waals surface area contributed by atoms with Crippen molar-refractivity contribution in [1.82, 2.24) is 10.6 Å². The van der Waals surface area contributed by atoms with Gasteiger partial charge in [-0.25, -0.2) is 8.42 Å². The number of halogens is 1. The molecule has 0 bridgehead atoms. The van der Waals surface area contributed by atoms with Gasteiger partial charge in [0, 0.05) is 42.9 Å². The third kappa shape index (κ3) is 5.10. The molecule has 25 heavy (non-hydrogen) atoms. The van der Waals surface area contributed by atoms with Crippen molar-refractivity contribution in [2.45, 2.75) is 18.9 Å². The molecule has 2 atom stereocenters. The van der Waals surface area contributed by atoms with Gasteiger partial charge in [-0.15, -0.1) is 0 Å². The molecule has 2 aliphatic heterocycles. The molecular formula is C17H25BrN4O2S. The molecule has 2 heterocycles. The number of rotatable bonds is 4. The Morgan fingerprint density at radius 2 is 2.08 bits per heavy atom. The first-order chi connectivity index (χ1) is 11.9. The predicted molar refractivity (Wildman–Crippen MR) is 106 cm³/mol. The zero-order valence-corrected chi connectivity index (χ0v) is 16.8. The van der Waals surface area contributed by atoms with Gasteiger partial charge in [-0.3, -0.25) is 4.99 Å². The number of guanidine groups is 1. The SMILES string of the molecule is CN=C(NCC1CCN(c2ccc(Br)cc2)C1)NC1CCS(=O)(=O)C1. The van der Waals surface area contributed by atoms with Crippen LogP contribution < -0.4 is 15.5 Å². The Bertz CT molecular complexity index is 721. The molecule has 2 fully saturated rings. The zero-order chi connectivity index (χ0) is 17.9. The maximum Gasteiger partial charge on any atom is 0.191 e. The molecule has 2 unspecified atom stereocenters. The molecule has 6 nitrogen and oxygen atoms in total. The highest BCUT2D eigenvalue weighted by molar-refractivity contribution is 9.10. The van der Waals surface area contributed by atoms with Crippen molar-refractivity contribution in [3.8, 4) is 0 Å². The van der Waals surface area contributed by atoms with E-state index in [0.29, 0.717) is 18.3 Å². The first kappa shape index (κ1) is 18.5. The lowest BCUT2D eigenvalue weighted by atomic mass is 10.1. The zero-order valence-electron chi connectivity index (χ0n) is 14.4. The van der Waals surface area contributed by atoms with Crippen LogP contribution in [0.15, 0.2) is 33.7 Å². The molecule has 0 spiro atoms. The van der Waals surface area contributed by atoms with E-state index < -0.39 is 9.84 Å². The van der Waals surface area contributed by atoms with E-state index in [4.69, 9.17) is 0 Å². The molecule has 0 aromatic heterocycles. The summed E-state index contributed by atoms with van der Waals surface area (Å²) in [7, 11) is -1.15. The molecule has 0 radical (unpaired) electrons. The number of hydrogen-bond acceptors (Lipinski definition) is 4. The average molecular weight is 429 g/mol. The Labute approximate surface area is 158 Å². The lowest BCUT2D eigenvalue weighted by Crippen LogP contribution is -2.45. The summed E-state index contributed by atoms with van der Waals surface area (Å²) in [6, 6.07) is 8.39. The topological polar surface area (TPSA) is 73.8 Å². The van der Waals surface area contributed by atoms with Crippen molar-refractivity contribution in [3.63, 3.8) is 0 Å². The Morgan fingerprint density at radius 3 is 2.72 bits per heavy atom. The van der Waals surface area contributed by atoms with E-state index in [0.717, 1.165) is 30.5 Å². The highest BCUT2D eigenvalue weighted by Gasteiger charge is 2.29. The van der Waals surface area contributed by atoms with Crippen LogP contribution in [0, 0.1) is 5.92 Å². The summed E-state index contributed by atoms with van der Waals surface area (Å²) >= 11 is 3.47. The molecular weight excluding hydrogens is 404 g/mol. The fourth-order valence-electron chi connectivity index (χ4n) is 3.42. The summed E-state index contributed by atoms with van der Waals surface area (Å²) in [5.41, 5.74) is 1.25. The standard InChI is InChI=1S/C17H25BrN4O2S/c1-19-17(21-15-7-9-25(23,24)12-15)20-10-13-6-8-22(11-13)16-4-2-14(18)3-5-16/h2-5,13,15H,6-12H2,1H3,(H2,19,20,21). The minimum atomic E-state index is -2.88. The van der Waals surface area contributed by atoms with Crippen LogP contribution in [0.4, 0.5) is 5.69 Å². The van der Waals surface area contributed by atoms with Gasteiger partial charge in [0.25, 0.3) is 0 Å². The molecule has 3 rings (SSSR count). The smallest absolute Gasteiger partial charge is 0.191 e. The first-order valence-electron chi connectivity index (χ1n) is 8.63. The highest BCUT2D eigenvalue weighted by Crippen LogP contribution is 2.25. The Balaban J connectivity index is 1.46. The van der Waals surface area contributed by atoms with Crippen LogP contribution in [0.5, 0.6) is 0 Å². The fraction of sp³-hybridized carbons (Fsp3) is 0.588. The van der Waals surface area contributed by atoms with E-state index in [1.807, 2.05) is 0 Å².